The van der Waals surface area contributed by atoms with E-state index in [1.807, 2.05) is 0 Å². The number of hydrogen-bond acceptors (Lipinski definition) is 4. The number of nitrogens with zero attached hydrogens (tertiary/aromatic N) is 2. The molecule has 27 heavy (non-hydrogen) atoms. The lowest BCUT2D eigenvalue weighted by Gasteiger charge is -2.33. The third-order valence-corrected chi connectivity index (χ3v) is 5.18. The first-order valence-electron chi connectivity index (χ1n) is 10.7. The Balaban J connectivity index is 1.60. The predicted octanol–water partition coefficient (Wildman–Crippen LogP) is 2.42. The van der Waals surface area contributed by atoms with Crippen molar-refractivity contribution < 1.29 is 9.47 Å². The van der Waals surface area contributed by atoms with Gasteiger partial charge in [0, 0.05) is 65.2 Å². The van der Waals surface area contributed by atoms with Crippen LogP contribution in [0.1, 0.15) is 46.0 Å². The summed E-state index contributed by atoms with van der Waals surface area (Å²) in [5.41, 5.74) is 1.25. The third-order valence-electron chi connectivity index (χ3n) is 5.18. The van der Waals surface area contributed by atoms with Gasteiger partial charge in [0.25, 0.3) is 0 Å². The highest BCUT2D eigenvalue weighted by molar-refractivity contribution is 5.80. The van der Waals surface area contributed by atoms with Crippen molar-refractivity contribution in [2.75, 3.05) is 59.2 Å². The quantitative estimate of drug-likeness (QED) is 0.264. The number of piperidine rings is 1. The third kappa shape index (κ3) is 9.58. The number of likely N-dealkylation sites (tertiary alicyclic amines) is 1. The van der Waals surface area contributed by atoms with Crippen LogP contribution < -0.4 is 10.6 Å². The normalized spacial score (nSPS) is 20.6. The van der Waals surface area contributed by atoms with Gasteiger partial charge in [0.05, 0.1) is 0 Å². The number of rotatable bonds is 10. The molecule has 2 rings (SSSR count). The number of ether oxygens (including phenoxy) is 2. The minimum absolute atomic E-state index is 0.508. The molecule has 0 unspecified atom stereocenters. The van der Waals surface area contributed by atoms with Crippen molar-refractivity contribution in [2.45, 2.75) is 52.0 Å². The minimum Gasteiger partial charge on any atom is -0.381 e. The summed E-state index contributed by atoms with van der Waals surface area (Å²) >= 11 is 0. The molecule has 0 aromatic rings. The Morgan fingerprint density at radius 3 is 2.63 bits per heavy atom. The van der Waals surface area contributed by atoms with Crippen LogP contribution in [0.3, 0.4) is 0 Å². The molecule has 0 radical (unpaired) electrons. The minimum atomic E-state index is 0.508. The lowest BCUT2D eigenvalue weighted by molar-refractivity contribution is 0.0205. The van der Waals surface area contributed by atoms with E-state index < -0.39 is 0 Å². The molecule has 2 saturated heterocycles. The molecule has 2 aliphatic heterocycles. The second-order valence-electron chi connectivity index (χ2n) is 7.90. The molecule has 0 amide bonds. The average Bonchev–Trinajstić information content (AvgIpc) is 2.66. The van der Waals surface area contributed by atoms with E-state index in [-0.39, 0.29) is 0 Å². The zero-order chi connectivity index (χ0) is 19.3. The van der Waals surface area contributed by atoms with Crippen molar-refractivity contribution in [1.29, 1.82) is 0 Å². The van der Waals surface area contributed by atoms with E-state index in [2.05, 4.69) is 36.0 Å². The fourth-order valence-corrected chi connectivity index (χ4v) is 3.65. The Morgan fingerprint density at radius 2 is 1.96 bits per heavy atom. The van der Waals surface area contributed by atoms with E-state index >= 15 is 0 Å². The van der Waals surface area contributed by atoms with E-state index in [1.165, 1.54) is 5.57 Å². The summed E-state index contributed by atoms with van der Waals surface area (Å²) < 4.78 is 11.2. The van der Waals surface area contributed by atoms with Crippen LogP contribution in [0.2, 0.25) is 0 Å². The lowest BCUT2D eigenvalue weighted by atomic mass is 10.0. The summed E-state index contributed by atoms with van der Waals surface area (Å²) in [5, 5.41) is 6.98. The van der Waals surface area contributed by atoms with E-state index in [9.17, 15) is 0 Å². The van der Waals surface area contributed by atoms with Gasteiger partial charge in [-0.1, -0.05) is 12.2 Å². The van der Waals surface area contributed by atoms with Crippen LogP contribution in [-0.4, -0.2) is 76.1 Å². The largest absolute Gasteiger partial charge is 0.381 e. The van der Waals surface area contributed by atoms with Crippen LogP contribution in [0.5, 0.6) is 0 Å². The second-order valence-corrected chi connectivity index (χ2v) is 7.90. The Hall–Kier alpha value is -1.11. The van der Waals surface area contributed by atoms with Gasteiger partial charge in [-0.2, -0.15) is 0 Å². The molecule has 0 aromatic heterocycles. The topological polar surface area (TPSA) is 58.1 Å². The highest BCUT2D eigenvalue weighted by Crippen LogP contribution is 2.14. The van der Waals surface area contributed by atoms with E-state index in [0.29, 0.717) is 12.0 Å². The highest BCUT2D eigenvalue weighted by Gasteiger charge is 2.19. The number of hydrogen-bond donors (Lipinski definition) is 2. The molecule has 0 bridgehead atoms. The van der Waals surface area contributed by atoms with Crippen LogP contribution in [0.25, 0.3) is 0 Å². The van der Waals surface area contributed by atoms with E-state index in [0.717, 1.165) is 97.2 Å². The van der Waals surface area contributed by atoms with Crippen molar-refractivity contribution >= 4 is 5.96 Å². The van der Waals surface area contributed by atoms with Gasteiger partial charge in [-0.3, -0.25) is 9.89 Å². The summed E-state index contributed by atoms with van der Waals surface area (Å²) in [6.07, 6.45) is 5.56. The van der Waals surface area contributed by atoms with Crippen LogP contribution in [0, 0.1) is 5.92 Å². The van der Waals surface area contributed by atoms with Crippen molar-refractivity contribution in [3.05, 3.63) is 12.2 Å². The highest BCUT2D eigenvalue weighted by atomic mass is 16.5. The SMILES string of the molecule is C=C(C)CN1CCC(NC(=NCCCOCC2CCOCC2)NCC)CC1. The molecule has 0 saturated carbocycles. The summed E-state index contributed by atoms with van der Waals surface area (Å²) in [7, 11) is 0. The zero-order valence-corrected chi connectivity index (χ0v) is 17.5. The van der Waals surface area contributed by atoms with Gasteiger partial charge in [0.15, 0.2) is 5.96 Å². The maximum Gasteiger partial charge on any atom is 0.191 e. The molecule has 0 spiro atoms. The molecule has 0 aromatic carbocycles. The molecule has 0 atom stereocenters. The van der Waals surface area contributed by atoms with Crippen molar-refractivity contribution in [3.8, 4) is 0 Å². The first-order chi connectivity index (χ1) is 13.2. The number of aliphatic imine (C=N–C) groups is 1. The molecular formula is C21H40N4O2. The molecule has 2 N–H and O–H groups in total. The molecule has 0 aliphatic carbocycles. The van der Waals surface area contributed by atoms with Crippen molar-refractivity contribution in [3.63, 3.8) is 0 Å². The monoisotopic (exact) mass is 380 g/mol. The fourth-order valence-electron chi connectivity index (χ4n) is 3.65. The first kappa shape index (κ1) is 22.2. The molecule has 6 nitrogen and oxygen atoms in total. The van der Waals surface area contributed by atoms with Gasteiger partial charge >= 0.3 is 0 Å². The van der Waals surface area contributed by atoms with Gasteiger partial charge in [-0.15, -0.1) is 0 Å². The van der Waals surface area contributed by atoms with E-state index in [1.54, 1.807) is 0 Å². The average molecular weight is 381 g/mol. The molecule has 6 heteroatoms. The Labute approximate surface area is 165 Å². The van der Waals surface area contributed by atoms with Crippen LogP contribution >= 0.6 is 0 Å². The Bertz CT molecular complexity index is 441. The summed E-state index contributed by atoms with van der Waals surface area (Å²) in [6.45, 7) is 16.7. The standard InChI is InChI=1S/C21H40N4O2/c1-4-22-21(24-20-6-11-25(12-7-20)16-18(2)3)23-10-5-13-27-17-19-8-14-26-15-9-19/h19-20H,2,4-17H2,1,3H3,(H2,22,23,24). The van der Waals surface area contributed by atoms with Gasteiger partial charge < -0.3 is 20.1 Å². The van der Waals surface area contributed by atoms with Gasteiger partial charge in [0.1, 0.15) is 0 Å². The van der Waals surface area contributed by atoms with Crippen molar-refractivity contribution in [2.24, 2.45) is 10.9 Å². The Morgan fingerprint density at radius 1 is 1.22 bits per heavy atom. The predicted molar refractivity (Wildman–Crippen MR) is 112 cm³/mol. The van der Waals surface area contributed by atoms with Gasteiger partial charge in [0.2, 0.25) is 0 Å². The number of nitrogens with one attached hydrogen (secondary N) is 2. The smallest absolute Gasteiger partial charge is 0.191 e. The van der Waals surface area contributed by atoms with Gasteiger partial charge in [-0.05, 0) is 51.9 Å². The molecule has 2 fully saturated rings. The number of guanidine groups is 1. The fraction of sp³-hybridized carbons (Fsp3) is 0.857. The lowest BCUT2D eigenvalue weighted by Crippen LogP contribution is -2.48. The van der Waals surface area contributed by atoms with Crippen LogP contribution in [0.15, 0.2) is 17.1 Å². The summed E-state index contributed by atoms with van der Waals surface area (Å²) in [6, 6.07) is 0.508. The van der Waals surface area contributed by atoms with Crippen LogP contribution in [0.4, 0.5) is 0 Å². The first-order valence-corrected chi connectivity index (χ1v) is 10.7. The zero-order valence-electron chi connectivity index (χ0n) is 17.5. The second kappa shape index (κ2) is 13.1. The summed E-state index contributed by atoms with van der Waals surface area (Å²) in [5.74, 6) is 1.62. The van der Waals surface area contributed by atoms with Crippen LogP contribution in [-0.2, 0) is 9.47 Å². The summed E-state index contributed by atoms with van der Waals surface area (Å²) in [4.78, 5) is 7.21. The van der Waals surface area contributed by atoms with Gasteiger partial charge in [-0.25, -0.2) is 0 Å². The maximum absolute atomic E-state index is 5.83. The molecule has 156 valence electrons. The maximum atomic E-state index is 5.83. The molecule has 2 aliphatic rings. The molecule has 2 heterocycles. The van der Waals surface area contributed by atoms with E-state index in [4.69, 9.17) is 14.5 Å². The van der Waals surface area contributed by atoms with Crippen molar-refractivity contribution in [1.82, 2.24) is 15.5 Å². The Kier molecular flexibility index (Phi) is 10.8. The molecular weight excluding hydrogens is 340 g/mol.